The molecule has 168 valence electrons. The smallest absolute Gasteiger partial charge is 0.338 e. The number of nitrogens with one attached hydrogen (secondary N) is 2. The zero-order valence-electron chi connectivity index (χ0n) is 18.1. The highest BCUT2D eigenvalue weighted by Crippen LogP contribution is 2.28. The largest absolute Gasteiger partial charge is 0.497 e. The van der Waals surface area contributed by atoms with E-state index in [2.05, 4.69) is 10.6 Å². The Morgan fingerprint density at radius 1 is 0.848 bits per heavy atom. The normalized spacial score (nSPS) is 15.3. The van der Waals surface area contributed by atoms with Crippen molar-refractivity contribution >= 4 is 12.0 Å². The predicted molar refractivity (Wildman–Crippen MR) is 123 cm³/mol. The molecule has 1 unspecified atom stereocenters. The molecule has 7 heteroatoms. The van der Waals surface area contributed by atoms with Crippen molar-refractivity contribution in [2.24, 2.45) is 0 Å². The minimum Gasteiger partial charge on any atom is -0.497 e. The number of benzene rings is 3. The summed E-state index contributed by atoms with van der Waals surface area (Å²) in [5.74, 6) is 0.801. The van der Waals surface area contributed by atoms with E-state index in [1.807, 2.05) is 60.7 Å². The predicted octanol–water partition coefficient (Wildman–Crippen LogP) is 4.13. The third-order valence-electron chi connectivity index (χ3n) is 5.16. The van der Waals surface area contributed by atoms with Gasteiger partial charge in [-0.2, -0.15) is 0 Å². The van der Waals surface area contributed by atoms with E-state index in [-0.39, 0.29) is 13.2 Å². The van der Waals surface area contributed by atoms with Crippen molar-refractivity contribution in [2.75, 3.05) is 13.7 Å². The Balaban J connectivity index is 1.60. The Morgan fingerprint density at radius 2 is 1.52 bits per heavy atom. The van der Waals surface area contributed by atoms with Crippen LogP contribution in [0.3, 0.4) is 0 Å². The molecule has 3 aromatic rings. The standard InChI is InChI=1S/C26H24N2O5/c1-31-20-14-12-18(13-15-20)16-33-25(29)23-22(17-32-21-10-6-3-7-11-21)27-26(30)28-24(23)19-8-4-2-5-9-19/h2-15,24H,16-17H2,1H3,(H2,27,28,30). The first-order chi connectivity index (χ1) is 16.1. The quantitative estimate of drug-likeness (QED) is 0.511. The van der Waals surface area contributed by atoms with Gasteiger partial charge in [0, 0.05) is 0 Å². The molecule has 0 aliphatic carbocycles. The summed E-state index contributed by atoms with van der Waals surface area (Å²) in [5, 5.41) is 5.54. The van der Waals surface area contributed by atoms with Gasteiger partial charge in [0.2, 0.25) is 0 Å². The minimum absolute atomic E-state index is 0.00767. The number of urea groups is 1. The SMILES string of the molecule is COc1ccc(COC(=O)C2=C(COc3ccccc3)NC(=O)NC2c2ccccc2)cc1. The fourth-order valence-corrected chi connectivity index (χ4v) is 3.49. The zero-order chi connectivity index (χ0) is 23.0. The van der Waals surface area contributed by atoms with E-state index in [0.717, 1.165) is 16.9 Å². The van der Waals surface area contributed by atoms with Crippen molar-refractivity contribution in [3.8, 4) is 11.5 Å². The van der Waals surface area contributed by atoms with E-state index < -0.39 is 18.0 Å². The molecular formula is C26H24N2O5. The molecule has 3 aromatic carbocycles. The summed E-state index contributed by atoms with van der Waals surface area (Å²) in [7, 11) is 1.59. The lowest BCUT2D eigenvalue weighted by Gasteiger charge is -2.29. The molecule has 1 heterocycles. The lowest BCUT2D eigenvalue weighted by molar-refractivity contribution is -0.140. The summed E-state index contributed by atoms with van der Waals surface area (Å²) in [6.07, 6.45) is 0. The maximum absolute atomic E-state index is 13.3. The van der Waals surface area contributed by atoms with Crippen LogP contribution in [0.4, 0.5) is 4.79 Å². The maximum atomic E-state index is 13.3. The van der Waals surface area contributed by atoms with Gasteiger partial charge in [0.25, 0.3) is 0 Å². The van der Waals surface area contributed by atoms with E-state index in [9.17, 15) is 9.59 Å². The van der Waals surface area contributed by atoms with Crippen LogP contribution in [-0.4, -0.2) is 25.7 Å². The van der Waals surface area contributed by atoms with Gasteiger partial charge in [-0.3, -0.25) is 0 Å². The van der Waals surface area contributed by atoms with Crippen LogP contribution in [0.5, 0.6) is 11.5 Å². The third-order valence-corrected chi connectivity index (χ3v) is 5.16. The second kappa shape index (κ2) is 10.4. The van der Waals surface area contributed by atoms with Crippen molar-refractivity contribution < 1.29 is 23.8 Å². The molecule has 4 rings (SSSR count). The monoisotopic (exact) mass is 444 g/mol. The number of amides is 2. The van der Waals surface area contributed by atoms with Crippen molar-refractivity contribution in [3.63, 3.8) is 0 Å². The van der Waals surface area contributed by atoms with E-state index >= 15 is 0 Å². The van der Waals surface area contributed by atoms with Crippen LogP contribution < -0.4 is 20.1 Å². The van der Waals surface area contributed by atoms with Gasteiger partial charge in [-0.1, -0.05) is 60.7 Å². The second-order valence-corrected chi connectivity index (χ2v) is 7.36. The number of carbonyl (C=O) groups is 2. The van der Waals surface area contributed by atoms with Crippen LogP contribution in [0.25, 0.3) is 0 Å². The Labute approximate surface area is 192 Å². The summed E-state index contributed by atoms with van der Waals surface area (Å²) in [4.78, 5) is 25.7. The first kappa shape index (κ1) is 22.0. The number of para-hydroxylation sites is 1. The molecule has 0 radical (unpaired) electrons. The first-order valence-electron chi connectivity index (χ1n) is 10.5. The Morgan fingerprint density at radius 3 is 2.18 bits per heavy atom. The van der Waals surface area contributed by atoms with Crippen LogP contribution in [0.15, 0.2) is 96.2 Å². The topological polar surface area (TPSA) is 85.9 Å². The van der Waals surface area contributed by atoms with Gasteiger partial charge < -0.3 is 24.8 Å². The summed E-state index contributed by atoms with van der Waals surface area (Å²) in [5.41, 5.74) is 2.23. The molecule has 0 saturated heterocycles. The van der Waals surface area contributed by atoms with Gasteiger partial charge >= 0.3 is 12.0 Å². The van der Waals surface area contributed by atoms with Gasteiger partial charge in [-0.25, -0.2) is 9.59 Å². The van der Waals surface area contributed by atoms with Crippen molar-refractivity contribution in [2.45, 2.75) is 12.6 Å². The highest BCUT2D eigenvalue weighted by atomic mass is 16.5. The van der Waals surface area contributed by atoms with Crippen molar-refractivity contribution in [3.05, 3.63) is 107 Å². The zero-order valence-corrected chi connectivity index (χ0v) is 18.1. The molecule has 33 heavy (non-hydrogen) atoms. The summed E-state index contributed by atoms with van der Waals surface area (Å²) < 4.78 is 16.6. The van der Waals surface area contributed by atoms with E-state index in [0.29, 0.717) is 17.0 Å². The average molecular weight is 444 g/mol. The Bertz CT molecular complexity index is 1130. The highest BCUT2D eigenvalue weighted by molar-refractivity contribution is 5.95. The molecule has 0 bridgehead atoms. The fourth-order valence-electron chi connectivity index (χ4n) is 3.49. The molecule has 0 saturated carbocycles. The first-order valence-corrected chi connectivity index (χ1v) is 10.5. The molecule has 1 aliphatic heterocycles. The number of ether oxygens (including phenoxy) is 3. The Hall–Kier alpha value is -4.26. The Kier molecular flexibility index (Phi) is 6.90. The summed E-state index contributed by atoms with van der Waals surface area (Å²) >= 11 is 0. The molecule has 0 aromatic heterocycles. The molecule has 7 nitrogen and oxygen atoms in total. The van der Waals surface area contributed by atoms with Crippen LogP contribution in [-0.2, 0) is 16.1 Å². The minimum atomic E-state index is -0.669. The molecule has 0 fully saturated rings. The average Bonchev–Trinajstić information content (AvgIpc) is 2.87. The van der Waals surface area contributed by atoms with E-state index in [1.54, 1.807) is 31.4 Å². The van der Waals surface area contributed by atoms with Gasteiger partial charge in [-0.15, -0.1) is 0 Å². The van der Waals surface area contributed by atoms with Crippen LogP contribution in [0.2, 0.25) is 0 Å². The number of hydrogen-bond acceptors (Lipinski definition) is 5. The number of methoxy groups -OCH3 is 1. The number of hydrogen-bond donors (Lipinski definition) is 2. The van der Waals surface area contributed by atoms with Gasteiger partial charge in [-0.05, 0) is 35.4 Å². The van der Waals surface area contributed by atoms with Crippen LogP contribution in [0, 0.1) is 0 Å². The molecule has 1 aliphatic rings. The van der Waals surface area contributed by atoms with E-state index in [4.69, 9.17) is 14.2 Å². The third kappa shape index (κ3) is 5.51. The van der Waals surface area contributed by atoms with Crippen molar-refractivity contribution in [1.29, 1.82) is 0 Å². The molecule has 0 spiro atoms. The lowest BCUT2D eigenvalue weighted by Crippen LogP contribution is -2.47. The molecular weight excluding hydrogens is 420 g/mol. The van der Waals surface area contributed by atoms with Gasteiger partial charge in [0.05, 0.1) is 24.4 Å². The number of carbonyl (C=O) groups excluding carboxylic acids is 2. The highest BCUT2D eigenvalue weighted by Gasteiger charge is 2.34. The maximum Gasteiger partial charge on any atom is 0.338 e. The van der Waals surface area contributed by atoms with Crippen LogP contribution >= 0.6 is 0 Å². The summed E-state index contributed by atoms with van der Waals surface area (Å²) in [6, 6.07) is 24.6. The van der Waals surface area contributed by atoms with Gasteiger partial charge in [0.15, 0.2) is 0 Å². The van der Waals surface area contributed by atoms with Crippen LogP contribution in [0.1, 0.15) is 17.2 Å². The summed E-state index contributed by atoms with van der Waals surface area (Å²) in [6.45, 7) is 0.0857. The number of esters is 1. The fraction of sp³-hybridized carbons (Fsp3) is 0.154. The molecule has 2 amide bonds. The van der Waals surface area contributed by atoms with Crippen molar-refractivity contribution in [1.82, 2.24) is 10.6 Å². The molecule has 1 atom stereocenters. The lowest BCUT2D eigenvalue weighted by atomic mass is 9.95. The second-order valence-electron chi connectivity index (χ2n) is 7.36. The number of rotatable bonds is 8. The van der Waals surface area contributed by atoms with Gasteiger partial charge in [0.1, 0.15) is 24.7 Å². The molecule has 2 N–H and O–H groups in total. The van der Waals surface area contributed by atoms with E-state index in [1.165, 1.54) is 0 Å².